The molecule has 0 aliphatic heterocycles. The van der Waals surface area contributed by atoms with Crippen molar-refractivity contribution in [2.45, 2.75) is 39.7 Å². The summed E-state index contributed by atoms with van der Waals surface area (Å²) in [6.45, 7) is 7.21. The molecule has 0 saturated heterocycles. The highest BCUT2D eigenvalue weighted by Crippen LogP contribution is 2.17. The first-order chi connectivity index (χ1) is 8.08. The van der Waals surface area contributed by atoms with E-state index in [4.69, 9.17) is 5.73 Å². The standard InChI is InChI=1S/C13H22BrN3/c1-4-10(5-2)12(15)8-17-13-9(3)6-11(14)7-16-13/h6-7,10,12H,4-5,8,15H2,1-3H3,(H,16,17). The quantitative estimate of drug-likeness (QED) is 0.847. The average molecular weight is 300 g/mol. The molecule has 3 N–H and O–H groups in total. The highest BCUT2D eigenvalue weighted by Gasteiger charge is 2.14. The summed E-state index contributed by atoms with van der Waals surface area (Å²) in [6.07, 6.45) is 4.07. The zero-order chi connectivity index (χ0) is 12.8. The molecule has 1 atom stereocenters. The number of hydrogen-bond donors (Lipinski definition) is 2. The molecule has 4 heteroatoms. The summed E-state index contributed by atoms with van der Waals surface area (Å²) >= 11 is 3.41. The van der Waals surface area contributed by atoms with E-state index in [1.807, 2.05) is 6.92 Å². The minimum Gasteiger partial charge on any atom is -0.368 e. The lowest BCUT2D eigenvalue weighted by Crippen LogP contribution is -2.36. The van der Waals surface area contributed by atoms with Gasteiger partial charge in [-0.15, -0.1) is 0 Å². The molecular formula is C13H22BrN3. The Kier molecular flexibility index (Phi) is 5.92. The van der Waals surface area contributed by atoms with Crippen LogP contribution in [0.4, 0.5) is 5.82 Å². The van der Waals surface area contributed by atoms with Crippen molar-refractivity contribution in [1.29, 1.82) is 0 Å². The third kappa shape index (κ3) is 4.28. The Labute approximate surface area is 112 Å². The molecule has 0 radical (unpaired) electrons. The minimum atomic E-state index is 0.190. The first kappa shape index (κ1) is 14.5. The Hall–Kier alpha value is -0.610. The Balaban J connectivity index is 2.55. The molecule has 1 aromatic heterocycles. The highest BCUT2D eigenvalue weighted by molar-refractivity contribution is 9.10. The lowest BCUT2D eigenvalue weighted by atomic mass is 9.95. The molecular weight excluding hydrogens is 278 g/mol. The fourth-order valence-electron chi connectivity index (χ4n) is 2.00. The van der Waals surface area contributed by atoms with Crippen LogP contribution in [0.15, 0.2) is 16.7 Å². The molecule has 1 aromatic rings. The molecule has 0 saturated carbocycles. The monoisotopic (exact) mass is 299 g/mol. The molecule has 0 bridgehead atoms. The predicted octanol–water partition coefficient (Wildman–Crippen LogP) is 3.33. The summed E-state index contributed by atoms with van der Waals surface area (Å²) in [5.74, 6) is 1.51. The number of rotatable bonds is 6. The van der Waals surface area contributed by atoms with Crippen molar-refractivity contribution < 1.29 is 0 Å². The molecule has 1 heterocycles. The van der Waals surface area contributed by atoms with Crippen LogP contribution in [0, 0.1) is 12.8 Å². The number of pyridine rings is 1. The molecule has 0 aliphatic rings. The molecule has 0 spiro atoms. The van der Waals surface area contributed by atoms with Gasteiger partial charge in [-0.25, -0.2) is 4.98 Å². The second-order valence-electron chi connectivity index (χ2n) is 4.44. The van der Waals surface area contributed by atoms with E-state index in [1.165, 1.54) is 0 Å². The number of aryl methyl sites for hydroxylation is 1. The fraction of sp³-hybridized carbons (Fsp3) is 0.615. The molecule has 1 rings (SSSR count). The topological polar surface area (TPSA) is 50.9 Å². The third-order valence-corrected chi connectivity index (χ3v) is 3.64. The lowest BCUT2D eigenvalue weighted by Gasteiger charge is -2.22. The third-order valence-electron chi connectivity index (χ3n) is 3.20. The number of nitrogens with one attached hydrogen (secondary N) is 1. The fourth-order valence-corrected chi connectivity index (χ4v) is 2.45. The minimum absolute atomic E-state index is 0.190. The smallest absolute Gasteiger partial charge is 0.128 e. The van der Waals surface area contributed by atoms with E-state index >= 15 is 0 Å². The largest absolute Gasteiger partial charge is 0.368 e. The van der Waals surface area contributed by atoms with Gasteiger partial charge in [0.05, 0.1) is 0 Å². The van der Waals surface area contributed by atoms with Crippen molar-refractivity contribution in [3.05, 3.63) is 22.3 Å². The summed E-state index contributed by atoms with van der Waals surface area (Å²) in [5, 5.41) is 3.33. The van der Waals surface area contributed by atoms with Crippen LogP contribution >= 0.6 is 15.9 Å². The van der Waals surface area contributed by atoms with Crippen LogP contribution in [0.25, 0.3) is 0 Å². The normalized spacial score (nSPS) is 12.8. The Morgan fingerprint density at radius 1 is 1.41 bits per heavy atom. The second-order valence-corrected chi connectivity index (χ2v) is 5.36. The molecule has 0 fully saturated rings. The van der Waals surface area contributed by atoms with Gasteiger partial charge in [0.1, 0.15) is 5.82 Å². The molecule has 1 unspecified atom stereocenters. The van der Waals surface area contributed by atoms with Gasteiger partial charge in [-0.1, -0.05) is 26.7 Å². The second kappa shape index (κ2) is 6.97. The summed E-state index contributed by atoms with van der Waals surface area (Å²) < 4.78 is 1.00. The van der Waals surface area contributed by atoms with Crippen molar-refractivity contribution in [2.75, 3.05) is 11.9 Å². The molecule has 17 heavy (non-hydrogen) atoms. The number of nitrogens with zero attached hydrogens (tertiary/aromatic N) is 1. The summed E-state index contributed by atoms with van der Waals surface area (Å²) in [4.78, 5) is 4.35. The van der Waals surface area contributed by atoms with Gasteiger partial charge >= 0.3 is 0 Å². The maximum Gasteiger partial charge on any atom is 0.128 e. The van der Waals surface area contributed by atoms with Gasteiger partial charge in [-0.3, -0.25) is 0 Å². The van der Waals surface area contributed by atoms with Crippen LogP contribution in [0.2, 0.25) is 0 Å². The number of aromatic nitrogens is 1. The van der Waals surface area contributed by atoms with Crippen LogP contribution in [-0.2, 0) is 0 Å². The van der Waals surface area contributed by atoms with Crippen molar-refractivity contribution >= 4 is 21.7 Å². The van der Waals surface area contributed by atoms with Gasteiger partial charge in [0, 0.05) is 23.3 Å². The van der Waals surface area contributed by atoms with E-state index in [0.29, 0.717) is 5.92 Å². The number of nitrogens with two attached hydrogens (primary N) is 1. The van der Waals surface area contributed by atoms with E-state index in [0.717, 1.165) is 35.2 Å². The van der Waals surface area contributed by atoms with Gasteiger partial charge in [-0.05, 0) is 40.4 Å². The summed E-state index contributed by atoms with van der Waals surface area (Å²) in [5.41, 5.74) is 7.30. The van der Waals surface area contributed by atoms with Gasteiger partial charge in [0.2, 0.25) is 0 Å². The van der Waals surface area contributed by atoms with Crippen molar-refractivity contribution in [2.24, 2.45) is 11.7 Å². The maximum atomic E-state index is 6.17. The Morgan fingerprint density at radius 3 is 2.59 bits per heavy atom. The Bertz CT molecular complexity index is 351. The molecule has 0 aliphatic carbocycles. The van der Waals surface area contributed by atoms with Gasteiger partial charge in [0.25, 0.3) is 0 Å². The molecule has 96 valence electrons. The lowest BCUT2D eigenvalue weighted by molar-refractivity contribution is 0.407. The maximum absolute atomic E-state index is 6.17. The van der Waals surface area contributed by atoms with Crippen LogP contribution in [0.1, 0.15) is 32.3 Å². The highest BCUT2D eigenvalue weighted by atomic mass is 79.9. The van der Waals surface area contributed by atoms with E-state index in [-0.39, 0.29) is 6.04 Å². The van der Waals surface area contributed by atoms with Gasteiger partial charge in [0.15, 0.2) is 0 Å². The predicted molar refractivity (Wildman–Crippen MR) is 77.2 cm³/mol. The molecule has 0 amide bonds. The van der Waals surface area contributed by atoms with Crippen LogP contribution in [0.5, 0.6) is 0 Å². The summed E-state index contributed by atoms with van der Waals surface area (Å²) in [6, 6.07) is 2.24. The van der Waals surface area contributed by atoms with Crippen LogP contribution in [0.3, 0.4) is 0 Å². The first-order valence-electron chi connectivity index (χ1n) is 6.20. The van der Waals surface area contributed by atoms with Crippen LogP contribution in [-0.4, -0.2) is 17.6 Å². The molecule has 3 nitrogen and oxygen atoms in total. The zero-order valence-electron chi connectivity index (χ0n) is 10.8. The van der Waals surface area contributed by atoms with Gasteiger partial charge < -0.3 is 11.1 Å². The van der Waals surface area contributed by atoms with E-state index in [9.17, 15) is 0 Å². The SMILES string of the molecule is CCC(CC)C(N)CNc1ncc(Br)cc1C. The van der Waals surface area contributed by atoms with Crippen molar-refractivity contribution in [1.82, 2.24) is 4.98 Å². The Morgan fingerprint density at radius 2 is 2.06 bits per heavy atom. The first-order valence-corrected chi connectivity index (χ1v) is 6.99. The average Bonchev–Trinajstić information content (AvgIpc) is 2.29. The van der Waals surface area contributed by atoms with Crippen molar-refractivity contribution in [3.8, 4) is 0 Å². The van der Waals surface area contributed by atoms with Crippen molar-refractivity contribution in [3.63, 3.8) is 0 Å². The van der Waals surface area contributed by atoms with Gasteiger partial charge in [-0.2, -0.15) is 0 Å². The van der Waals surface area contributed by atoms with E-state index in [1.54, 1.807) is 6.20 Å². The molecule has 0 aromatic carbocycles. The summed E-state index contributed by atoms with van der Waals surface area (Å²) in [7, 11) is 0. The number of hydrogen-bond acceptors (Lipinski definition) is 3. The van der Waals surface area contributed by atoms with E-state index in [2.05, 4.69) is 46.1 Å². The van der Waals surface area contributed by atoms with E-state index < -0.39 is 0 Å². The number of anilines is 1. The zero-order valence-corrected chi connectivity index (χ0v) is 12.4. The number of halogens is 1. The van der Waals surface area contributed by atoms with Crippen LogP contribution < -0.4 is 11.1 Å².